The number of hydrogen-bond donors (Lipinski definition) is 1. The van der Waals surface area contributed by atoms with E-state index in [2.05, 4.69) is 50.2 Å². The molecule has 1 aromatic carbocycles. The van der Waals surface area contributed by atoms with E-state index in [0.717, 1.165) is 38.4 Å². The molecule has 0 fully saturated rings. The van der Waals surface area contributed by atoms with Crippen molar-refractivity contribution in [3.8, 4) is 5.75 Å². The fraction of sp³-hybridized carbons (Fsp3) is 0.294. The number of carbonyl (C=O) groups is 1. The summed E-state index contributed by atoms with van der Waals surface area (Å²) < 4.78 is 6.76. The van der Waals surface area contributed by atoms with Crippen molar-refractivity contribution >= 4 is 73.7 Å². The molecule has 24 heavy (non-hydrogen) atoms. The van der Waals surface area contributed by atoms with E-state index in [0.29, 0.717) is 16.1 Å². The van der Waals surface area contributed by atoms with E-state index < -0.39 is 0 Å². The van der Waals surface area contributed by atoms with Gasteiger partial charge in [-0.2, -0.15) is 0 Å². The highest BCUT2D eigenvalue weighted by Gasteiger charge is 2.25. The minimum absolute atomic E-state index is 0.209. The molecule has 0 saturated heterocycles. The fourth-order valence-corrected chi connectivity index (χ4v) is 5.88. The molecule has 1 heterocycles. The predicted octanol–water partition coefficient (Wildman–Crippen LogP) is 5.08. The van der Waals surface area contributed by atoms with Crippen LogP contribution in [0.25, 0.3) is 0 Å². The van der Waals surface area contributed by atoms with Crippen molar-refractivity contribution < 1.29 is 14.6 Å². The van der Waals surface area contributed by atoms with Crippen LogP contribution in [0.5, 0.6) is 5.75 Å². The highest BCUT2D eigenvalue weighted by molar-refractivity contribution is 14.1. The number of rotatable bonds is 3. The number of carbonyl (C=O) groups excluding carboxylic acids is 1. The Morgan fingerprint density at radius 3 is 2.83 bits per heavy atom. The van der Waals surface area contributed by atoms with Gasteiger partial charge in [-0.05, 0) is 88.6 Å². The van der Waals surface area contributed by atoms with E-state index in [1.54, 1.807) is 17.6 Å². The maximum atomic E-state index is 12.2. The lowest BCUT2D eigenvalue weighted by molar-refractivity contribution is 0.0601. The Bertz CT molecular complexity index is 830. The largest absolute Gasteiger partial charge is 0.506 e. The molecule has 0 saturated carbocycles. The number of fused-ring (bicyclic) bond motifs is 1. The molecule has 4 nitrogen and oxygen atoms in total. The zero-order valence-corrected chi connectivity index (χ0v) is 18.1. The van der Waals surface area contributed by atoms with Crippen LogP contribution in [0.3, 0.4) is 0 Å². The molecular formula is C17H15I2NO3S. The highest BCUT2D eigenvalue weighted by Crippen LogP contribution is 2.40. The van der Waals surface area contributed by atoms with Crippen molar-refractivity contribution in [3.63, 3.8) is 0 Å². The van der Waals surface area contributed by atoms with E-state index in [9.17, 15) is 9.90 Å². The van der Waals surface area contributed by atoms with Crippen LogP contribution in [0.1, 0.15) is 39.2 Å². The Morgan fingerprint density at radius 1 is 1.33 bits per heavy atom. The number of thiophene rings is 1. The van der Waals surface area contributed by atoms with Crippen molar-refractivity contribution in [1.82, 2.24) is 0 Å². The van der Waals surface area contributed by atoms with Gasteiger partial charge in [0.2, 0.25) is 0 Å². The molecule has 126 valence electrons. The first-order valence-corrected chi connectivity index (χ1v) is 10.4. The molecular weight excluding hydrogens is 552 g/mol. The quantitative estimate of drug-likeness (QED) is 0.320. The summed E-state index contributed by atoms with van der Waals surface area (Å²) in [5.74, 6) is -0.122. The lowest BCUT2D eigenvalue weighted by Crippen LogP contribution is -2.07. The Morgan fingerprint density at radius 2 is 2.08 bits per heavy atom. The van der Waals surface area contributed by atoms with Gasteiger partial charge in [0.05, 0.1) is 16.2 Å². The van der Waals surface area contributed by atoms with Crippen LogP contribution >= 0.6 is 56.5 Å². The van der Waals surface area contributed by atoms with Gasteiger partial charge in [-0.25, -0.2) is 9.79 Å². The molecule has 1 aromatic heterocycles. The molecule has 0 radical (unpaired) electrons. The van der Waals surface area contributed by atoms with Gasteiger partial charge < -0.3 is 9.84 Å². The summed E-state index contributed by atoms with van der Waals surface area (Å²) in [5.41, 5.74) is 2.33. The maximum Gasteiger partial charge on any atom is 0.341 e. The lowest BCUT2D eigenvalue weighted by atomic mass is 9.95. The molecule has 0 aliphatic heterocycles. The number of phenolic OH excluding ortho intramolecular Hbond substituents is 1. The maximum absolute atomic E-state index is 12.2. The zero-order valence-electron chi connectivity index (χ0n) is 12.9. The summed E-state index contributed by atoms with van der Waals surface area (Å²) in [4.78, 5) is 18.0. The van der Waals surface area contributed by atoms with E-state index in [1.807, 2.05) is 12.1 Å². The molecule has 0 amide bonds. The number of hydrogen-bond acceptors (Lipinski definition) is 5. The highest BCUT2D eigenvalue weighted by atomic mass is 127. The number of aryl methyl sites for hydroxylation is 1. The SMILES string of the molecule is COC(=O)c1c(/N=C/c2cc(I)cc(I)c2O)sc2c1CCCC2. The number of phenols is 1. The number of aromatic hydroxyl groups is 1. The summed E-state index contributed by atoms with van der Waals surface area (Å²) in [7, 11) is 1.40. The Balaban J connectivity index is 2.04. The van der Waals surface area contributed by atoms with Gasteiger partial charge in [0.15, 0.2) is 0 Å². The van der Waals surface area contributed by atoms with E-state index in [1.165, 1.54) is 12.0 Å². The Hall–Kier alpha value is -0.680. The normalized spacial score (nSPS) is 14.0. The summed E-state index contributed by atoms with van der Waals surface area (Å²) in [6, 6.07) is 3.77. The van der Waals surface area contributed by atoms with Gasteiger partial charge in [-0.15, -0.1) is 11.3 Å². The van der Waals surface area contributed by atoms with Crippen LogP contribution in [-0.2, 0) is 17.6 Å². The van der Waals surface area contributed by atoms with Crippen molar-refractivity contribution in [3.05, 3.63) is 40.8 Å². The van der Waals surface area contributed by atoms with Crippen molar-refractivity contribution in [2.75, 3.05) is 7.11 Å². The Labute approximate surface area is 171 Å². The third kappa shape index (κ3) is 3.62. The van der Waals surface area contributed by atoms with Crippen LogP contribution < -0.4 is 0 Å². The smallest absolute Gasteiger partial charge is 0.341 e. The zero-order chi connectivity index (χ0) is 17.3. The topological polar surface area (TPSA) is 58.9 Å². The third-order valence-electron chi connectivity index (χ3n) is 3.92. The van der Waals surface area contributed by atoms with Gasteiger partial charge in [0, 0.05) is 20.2 Å². The fourth-order valence-electron chi connectivity index (χ4n) is 2.77. The molecule has 1 N–H and O–H groups in total. The van der Waals surface area contributed by atoms with Gasteiger partial charge >= 0.3 is 5.97 Å². The number of nitrogens with zero attached hydrogens (tertiary/aromatic N) is 1. The number of ether oxygens (including phenoxy) is 1. The molecule has 2 aromatic rings. The minimum Gasteiger partial charge on any atom is -0.506 e. The van der Waals surface area contributed by atoms with Crippen molar-refractivity contribution in [2.45, 2.75) is 25.7 Å². The van der Waals surface area contributed by atoms with E-state index in [4.69, 9.17) is 4.74 Å². The number of halogens is 2. The molecule has 0 unspecified atom stereocenters. The summed E-state index contributed by atoms with van der Waals surface area (Å²) in [6.45, 7) is 0. The van der Waals surface area contributed by atoms with Gasteiger partial charge in [0.25, 0.3) is 0 Å². The number of benzene rings is 1. The van der Waals surface area contributed by atoms with Crippen LogP contribution in [0.4, 0.5) is 5.00 Å². The molecule has 7 heteroatoms. The molecule has 0 bridgehead atoms. The average Bonchev–Trinajstić information content (AvgIpc) is 2.94. The standard InChI is InChI=1S/C17H15I2NO3S/c1-23-17(22)14-11-4-2-3-5-13(11)24-16(14)20-8-9-6-10(18)7-12(19)15(9)21/h6-8,21H,2-5H2,1H3/b20-8+. The van der Waals surface area contributed by atoms with E-state index >= 15 is 0 Å². The second kappa shape index (κ2) is 7.69. The Kier molecular flexibility index (Phi) is 5.81. The number of esters is 1. The third-order valence-corrected chi connectivity index (χ3v) is 6.57. The molecule has 1 aliphatic carbocycles. The predicted molar refractivity (Wildman–Crippen MR) is 113 cm³/mol. The van der Waals surface area contributed by atoms with Crippen LogP contribution in [0.15, 0.2) is 17.1 Å². The summed E-state index contributed by atoms with van der Waals surface area (Å²) in [5, 5.41) is 10.9. The van der Waals surface area contributed by atoms with Gasteiger partial charge in [0.1, 0.15) is 10.8 Å². The van der Waals surface area contributed by atoms with Crippen molar-refractivity contribution in [1.29, 1.82) is 0 Å². The van der Waals surface area contributed by atoms with E-state index in [-0.39, 0.29) is 11.7 Å². The summed E-state index contributed by atoms with van der Waals surface area (Å²) >= 11 is 5.86. The average molecular weight is 567 g/mol. The van der Waals surface area contributed by atoms with Crippen LogP contribution in [0.2, 0.25) is 0 Å². The first kappa shape index (κ1) is 18.1. The first-order chi connectivity index (χ1) is 11.5. The molecule has 0 spiro atoms. The number of methoxy groups -OCH3 is 1. The minimum atomic E-state index is -0.331. The second-order valence-corrected chi connectivity index (χ2v) is 8.96. The number of aliphatic imine (C=N–C) groups is 1. The lowest BCUT2D eigenvalue weighted by Gasteiger charge is -2.11. The van der Waals surface area contributed by atoms with Gasteiger partial charge in [-0.3, -0.25) is 0 Å². The first-order valence-electron chi connectivity index (χ1n) is 7.46. The van der Waals surface area contributed by atoms with Crippen LogP contribution in [0, 0.1) is 7.14 Å². The second-order valence-electron chi connectivity index (χ2n) is 5.47. The molecule has 1 aliphatic rings. The molecule has 0 atom stereocenters. The van der Waals surface area contributed by atoms with Crippen LogP contribution in [-0.4, -0.2) is 24.4 Å². The molecule has 3 rings (SSSR count). The summed E-state index contributed by atoms with van der Waals surface area (Å²) in [6.07, 6.45) is 5.76. The van der Waals surface area contributed by atoms with Crippen molar-refractivity contribution in [2.24, 2.45) is 4.99 Å². The van der Waals surface area contributed by atoms with Gasteiger partial charge in [-0.1, -0.05) is 0 Å². The monoisotopic (exact) mass is 567 g/mol.